The molecule has 0 heterocycles. The van der Waals surface area contributed by atoms with Crippen molar-refractivity contribution in [3.8, 4) is 0 Å². The van der Waals surface area contributed by atoms with Crippen LogP contribution in [-0.2, 0) is 0 Å². The zero-order valence-electron chi connectivity index (χ0n) is 93.4. The van der Waals surface area contributed by atoms with E-state index in [-0.39, 0.29) is 12.3 Å². The van der Waals surface area contributed by atoms with Gasteiger partial charge in [-0.2, -0.15) is 0 Å². The molecule has 0 unspecified atom stereocenters. The van der Waals surface area contributed by atoms with Gasteiger partial charge in [0.05, 0.1) is 73.9 Å². The second-order valence-electron chi connectivity index (χ2n) is 43.7. The van der Waals surface area contributed by atoms with Crippen molar-refractivity contribution in [1.82, 2.24) is 0 Å². The Morgan fingerprint density at radius 2 is 0.171 bits per heavy atom. The molecule has 0 atom stereocenters. The summed E-state index contributed by atoms with van der Waals surface area (Å²) >= 11 is 0. The summed E-state index contributed by atoms with van der Waals surface area (Å²) in [6.07, 6.45) is 152. The van der Waals surface area contributed by atoms with Crippen LogP contribution in [0.15, 0.2) is 0 Å². The van der Waals surface area contributed by atoms with Crippen LogP contribution in [0.2, 0.25) is 0 Å². The monoisotopic (exact) mass is 1900 g/mol. The first kappa shape index (κ1) is 137. The average molecular weight is 1900 g/mol. The molecule has 129 heavy (non-hydrogen) atoms. The fraction of sp³-hybridized carbons (Fsp3) is 1.00. The van der Waals surface area contributed by atoms with E-state index in [4.69, 9.17) is 0 Å². The van der Waals surface area contributed by atoms with E-state index in [2.05, 4.69) is 96.9 Å². The molecule has 0 saturated carbocycles. The summed E-state index contributed by atoms with van der Waals surface area (Å²) < 4.78 is 0. The van der Waals surface area contributed by atoms with Gasteiger partial charge < -0.3 is 0 Å². The number of hydrogen-bond donors (Lipinski definition) is 0. The van der Waals surface area contributed by atoms with Crippen molar-refractivity contribution in [3.05, 3.63) is 0 Å². The van der Waals surface area contributed by atoms with Gasteiger partial charge in [-0.15, -0.1) is 0 Å². The van der Waals surface area contributed by atoms with Crippen LogP contribution in [0.5, 0.6) is 0 Å². The van der Waals surface area contributed by atoms with Crippen LogP contribution in [0.3, 0.4) is 0 Å². The second-order valence-corrected chi connectivity index (χ2v) is 60.4. The minimum atomic E-state index is -5.11. The third-order valence-electron chi connectivity index (χ3n) is 30.2. The van der Waals surface area contributed by atoms with E-state index >= 15 is 0 Å². The molecule has 0 bridgehead atoms. The van der Waals surface area contributed by atoms with Crippen LogP contribution >= 0.6 is 29.1 Å². The van der Waals surface area contributed by atoms with Crippen molar-refractivity contribution in [1.29, 1.82) is 0 Å². The van der Waals surface area contributed by atoms with E-state index in [0.717, 1.165) is 25.7 Å². The van der Waals surface area contributed by atoms with E-state index in [1.54, 1.807) is 151 Å². The first-order valence-electron chi connectivity index (χ1n) is 61.9. The second kappa shape index (κ2) is 113. The smallest absolute Gasteiger partial charge is 0.0654 e. The van der Waals surface area contributed by atoms with Crippen LogP contribution in [0.4, 0.5) is 0 Å². The van der Waals surface area contributed by atoms with Crippen molar-refractivity contribution < 1.29 is 14.7 Å². The van der Waals surface area contributed by atoms with Gasteiger partial charge in [0.15, 0.2) is 0 Å². The Bertz CT molecular complexity index is 1550. The molecule has 0 aliphatic heterocycles. The maximum atomic E-state index is 12.2. The molecule has 0 aromatic carbocycles. The van der Waals surface area contributed by atoms with Crippen LogP contribution in [0, 0.1) is 0 Å². The SMILES string of the molecule is CCCCCCCCCCCCCP([O-])([O-])([O-])CCCCCCCCCCCCC.CCCCCCCC[P+](CCCCCCCC)(CCCCCCCC)CCCCCCCC.CCCCCCCC[P+](CCCCCCCC)(CCCCCCCC)CCCCCCCC.CCCCCCCC[P+](CCCCCCCC)(CCCCCCCC)CCCCCCCC. The van der Waals surface area contributed by atoms with Crippen LogP contribution in [0.25, 0.3) is 0 Å². The van der Waals surface area contributed by atoms with E-state index in [1.165, 1.54) is 488 Å². The molecule has 0 aromatic heterocycles. The Morgan fingerprint density at radius 1 is 0.101 bits per heavy atom. The van der Waals surface area contributed by atoms with Crippen molar-refractivity contribution >= 4 is 29.1 Å². The number of hydrogen-bond acceptors (Lipinski definition) is 3. The third-order valence-corrected chi connectivity index (χ3v) is 47.8. The molecule has 0 rings (SSSR count). The summed E-state index contributed by atoms with van der Waals surface area (Å²) in [6, 6.07) is 0. The summed E-state index contributed by atoms with van der Waals surface area (Å²) in [4.78, 5) is 36.7. The molecule has 0 aliphatic rings. The molecular formula is C122H258O3P4. The van der Waals surface area contributed by atoms with Crippen molar-refractivity contribution in [2.75, 3.05) is 86.3 Å². The van der Waals surface area contributed by atoms with Gasteiger partial charge in [-0.25, -0.2) is 0 Å². The summed E-state index contributed by atoms with van der Waals surface area (Å²) in [7, 11) is -7.27. The summed E-state index contributed by atoms with van der Waals surface area (Å²) in [5.74, 6) is 0. The van der Waals surface area contributed by atoms with Gasteiger partial charge in [0, 0.05) is 21.8 Å². The predicted octanol–water partition coefficient (Wildman–Crippen LogP) is 44.3. The molecule has 0 saturated heterocycles. The first-order chi connectivity index (χ1) is 63.1. The average Bonchev–Trinajstić information content (AvgIpc) is 0.832. The van der Waals surface area contributed by atoms with Gasteiger partial charge in [0.1, 0.15) is 0 Å². The van der Waals surface area contributed by atoms with Gasteiger partial charge >= 0.3 is 176 Å². The van der Waals surface area contributed by atoms with Crippen LogP contribution in [-0.4, -0.2) is 86.3 Å². The normalized spacial score (nSPS) is 12.3. The van der Waals surface area contributed by atoms with Crippen molar-refractivity contribution in [2.45, 2.75) is 700 Å². The molecule has 0 N–H and O–H groups in total. The molecule has 7 heteroatoms. The van der Waals surface area contributed by atoms with E-state index in [1.807, 2.05) is 0 Å². The molecule has 0 radical (unpaired) electrons. The van der Waals surface area contributed by atoms with Crippen LogP contribution < -0.4 is 14.7 Å². The van der Waals surface area contributed by atoms with Gasteiger partial charge in [-0.3, -0.25) is 0 Å². The number of unbranched alkanes of at least 4 members (excludes halogenated alkanes) is 80. The first-order valence-corrected chi connectivity index (χ1v) is 71.8. The Kier molecular flexibility index (Phi) is 120. The minimum Gasteiger partial charge on any atom is -0.0654 e. The fourth-order valence-electron chi connectivity index (χ4n) is 21.0. The Balaban J connectivity index is -0.000000808. The van der Waals surface area contributed by atoms with Crippen molar-refractivity contribution in [2.24, 2.45) is 0 Å². The quantitative estimate of drug-likeness (QED) is 0.0450. The molecule has 0 fully saturated rings. The summed E-state index contributed by atoms with van der Waals surface area (Å²) in [5.41, 5.74) is 0. The van der Waals surface area contributed by atoms with Gasteiger partial charge in [0.25, 0.3) is 0 Å². The summed E-state index contributed by atoms with van der Waals surface area (Å²) in [6.45, 7) is 32.6. The predicted molar refractivity (Wildman–Crippen MR) is 609 cm³/mol. The Morgan fingerprint density at radius 3 is 0.256 bits per heavy atom. The third kappa shape index (κ3) is 108. The zero-order valence-corrected chi connectivity index (χ0v) is 97.0. The zero-order chi connectivity index (χ0) is 95.3. The standard InChI is InChI=1S/3C32H68P.C26H54O3P/c3*1-5-9-13-17-21-25-29-33(30-26-22-18-14-10-6-2,31-27-23-19-15-11-7-3)32-28-24-20-16-12-8-4;1-3-5-7-9-11-13-15-17-19-21-23-25-30(27,28,29)26-24-22-20-18-16-14-12-10-8-6-4-2/h3*5-32H2,1-4H3;3-26H2,1-2H3/q3*+1;-3. The molecule has 0 spiro atoms. The molecule has 3 nitrogen and oxygen atoms in total. The summed E-state index contributed by atoms with van der Waals surface area (Å²) in [5, 5.41) is 0. The topological polar surface area (TPSA) is 69.2 Å². The molecule has 0 amide bonds. The molecular weight excluding hydrogens is 1640 g/mol. The fourth-order valence-corrected chi connectivity index (χ4v) is 37.7. The number of rotatable bonds is 108. The molecule has 0 aliphatic carbocycles. The maximum absolute atomic E-state index is 12.2. The Hall–Kier alpha value is 1.60. The molecule has 0 aromatic rings. The Labute approximate surface area is 824 Å². The van der Waals surface area contributed by atoms with Gasteiger partial charge in [-0.05, 0) is 154 Å². The van der Waals surface area contributed by atoms with E-state index in [9.17, 15) is 14.7 Å². The van der Waals surface area contributed by atoms with Gasteiger partial charge in [0.2, 0.25) is 0 Å². The van der Waals surface area contributed by atoms with Crippen molar-refractivity contribution in [3.63, 3.8) is 0 Å². The van der Waals surface area contributed by atoms with Crippen LogP contribution in [0.1, 0.15) is 700 Å². The van der Waals surface area contributed by atoms with Gasteiger partial charge in [-0.1, -0.05) is 405 Å². The van der Waals surface area contributed by atoms with E-state index in [0.29, 0.717) is 12.8 Å². The molecule has 784 valence electrons. The van der Waals surface area contributed by atoms with E-state index < -0.39 is 29.1 Å². The minimum absolute atomic E-state index is 0.125.